The maximum atomic E-state index is 10.2. The summed E-state index contributed by atoms with van der Waals surface area (Å²) in [5.74, 6) is 0.276. The standard InChI is InChI=1S/C11H12Br2N4O4/c12-5-4-9(14)15-2-16-10(4)17(8(5)13)11-7(20)6(19)3(1-18)21-11/h2-3,6-7,11,18-20H,1H2,(H2,14,15,16)/t3-,6+,7-,11?/m1/s1. The van der Waals surface area contributed by atoms with Gasteiger partial charge in [0.15, 0.2) is 6.23 Å². The lowest BCUT2D eigenvalue weighted by atomic mass is 10.1. The molecule has 0 aliphatic carbocycles. The van der Waals surface area contributed by atoms with Gasteiger partial charge in [-0.15, -0.1) is 0 Å². The van der Waals surface area contributed by atoms with Crippen molar-refractivity contribution in [2.24, 2.45) is 0 Å². The Bertz CT molecular complexity index is 694. The Morgan fingerprint density at radius 2 is 2.00 bits per heavy atom. The molecule has 3 heterocycles. The summed E-state index contributed by atoms with van der Waals surface area (Å²) >= 11 is 6.77. The number of aliphatic hydroxyl groups excluding tert-OH is 3. The van der Waals surface area contributed by atoms with E-state index in [1.807, 2.05) is 0 Å². The van der Waals surface area contributed by atoms with Crippen molar-refractivity contribution in [3.05, 3.63) is 15.4 Å². The molecule has 2 aromatic rings. The van der Waals surface area contributed by atoms with Gasteiger partial charge in [-0.2, -0.15) is 0 Å². The van der Waals surface area contributed by atoms with Gasteiger partial charge in [-0.3, -0.25) is 4.57 Å². The number of nitrogen functional groups attached to an aromatic ring is 1. The van der Waals surface area contributed by atoms with Gasteiger partial charge < -0.3 is 25.8 Å². The first-order chi connectivity index (χ1) is 9.97. The summed E-state index contributed by atoms with van der Waals surface area (Å²) in [5, 5.41) is 29.8. The molecule has 0 spiro atoms. The van der Waals surface area contributed by atoms with Crippen molar-refractivity contribution in [1.29, 1.82) is 0 Å². The summed E-state index contributed by atoms with van der Waals surface area (Å²) in [4.78, 5) is 8.08. The van der Waals surface area contributed by atoms with E-state index < -0.39 is 31.1 Å². The Kier molecular flexibility index (Phi) is 3.93. The Balaban J connectivity index is 2.18. The second kappa shape index (κ2) is 5.45. The van der Waals surface area contributed by atoms with Gasteiger partial charge >= 0.3 is 0 Å². The number of nitrogens with two attached hydrogens (primary N) is 1. The molecule has 114 valence electrons. The van der Waals surface area contributed by atoms with Crippen LogP contribution in [-0.2, 0) is 4.74 Å². The van der Waals surface area contributed by atoms with Crippen LogP contribution < -0.4 is 5.73 Å². The second-order valence-corrected chi connectivity index (χ2v) is 6.21. The van der Waals surface area contributed by atoms with Crippen LogP contribution in [0.25, 0.3) is 11.0 Å². The quantitative estimate of drug-likeness (QED) is 0.541. The molecule has 4 atom stereocenters. The number of hydrogen-bond acceptors (Lipinski definition) is 7. The van der Waals surface area contributed by atoms with E-state index in [2.05, 4.69) is 41.8 Å². The van der Waals surface area contributed by atoms with Crippen molar-refractivity contribution >= 4 is 48.7 Å². The Morgan fingerprint density at radius 3 is 2.62 bits per heavy atom. The second-order valence-electron chi connectivity index (χ2n) is 4.66. The summed E-state index contributed by atoms with van der Waals surface area (Å²) in [6.07, 6.45) is -2.88. The number of anilines is 1. The maximum absolute atomic E-state index is 10.2. The third-order valence-electron chi connectivity index (χ3n) is 3.47. The van der Waals surface area contributed by atoms with Crippen LogP contribution in [0, 0.1) is 0 Å². The Morgan fingerprint density at radius 1 is 1.29 bits per heavy atom. The van der Waals surface area contributed by atoms with E-state index in [4.69, 9.17) is 10.5 Å². The van der Waals surface area contributed by atoms with Crippen LogP contribution in [0.1, 0.15) is 6.23 Å². The third-order valence-corrected chi connectivity index (χ3v) is 5.55. The predicted octanol–water partition coefficient (Wildman–Crippen LogP) is 0.150. The van der Waals surface area contributed by atoms with E-state index >= 15 is 0 Å². The minimum absolute atomic E-state index is 0.276. The van der Waals surface area contributed by atoms with Gasteiger partial charge in [-0.25, -0.2) is 9.97 Å². The Labute approximate surface area is 135 Å². The molecule has 3 rings (SSSR count). The molecule has 0 radical (unpaired) electrons. The van der Waals surface area contributed by atoms with Gasteiger partial charge in [-0.1, -0.05) is 0 Å². The molecular formula is C11H12Br2N4O4. The summed E-state index contributed by atoms with van der Waals surface area (Å²) in [5.41, 5.74) is 6.29. The lowest BCUT2D eigenvalue weighted by Gasteiger charge is -2.18. The fourth-order valence-corrected chi connectivity index (χ4v) is 3.55. The zero-order valence-electron chi connectivity index (χ0n) is 10.5. The van der Waals surface area contributed by atoms with Crippen LogP contribution in [0.3, 0.4) is 0 Å². The van der Waals surface area contributed by atoms with Gasteiger partial charge in [0, 0.05) is 0 Å². The number of ether oxygens (including phenoxy) is 1. The summed E-state index contributed by atoms with van der Waals surface area (Å²) in [6.45, 7) is -0.399. The van der Waals surface area contributed by atoms with Gasteiger partial charge in [0.25, 0.3) is 0 Å². The molecule has 1 fully saturated rings. The SMILES string of the molecule is Nc1ncnc2c1c(Br)c(Br)n2C1O[C@H](CO)[C@H](O)[C@H]1O. The third kappa shape index (κ3) is 2.17. The number of hydrogen-bond donors (Lipinski definition) is 4. The van der Waals surface area contributed by atoms with Crippen LogP contribution in [0.15, 0.2) is 15.4 Å². The molecule has 10 heteroatoms. The van der Waals surface area contributed by atoms with Crippen molar-refractivity contribution in [3.8, 4) is 0 Å². The highest BCUT2D eigenvalue weighted by Gasteiger charge is 2.44. The molecule has 1 unspecified atom stereocenters. The largest absolute Gasteiger partial charge is 0.394 e. The molecule has 0 saturated carbocycles. The molecule has 0 aromatic carbocycles. The number of rotatable bonds is 2. The highest BCUT2D eigenvalue weighted by atomic mass is 79.9. The number of halogens is 2. The normalized spacial score (nSPS) is 29.4. The van der Waals surface area contributed by atoms with E-state index in [1.54, 1.807) is 4.57 Å². The smallest absolute Gasteiger partial charge is 0.165 e. The predicted molar refractivity (Wildman–Crippen MR) is 80.3 cm³/mol. The lowest BCUT2D eigenvalue weighted by Crippen LogP contribution is -2.33. The molecule has 8 nitrogen and oxygen atoms in total. The average Bonchev–Trinajstić information content (AvgIpc) is 2.88. The maximum Gasteiger partial charge on any atom is 0.165 e. The molecule has 0 bridgehead atoms. The summed E-state index contributed by atoms with van der Waals surface area (Å²) < 4.78 is 8.24. The van der Waals surface area contributed by atoms with Crippen molar-refractivity contribution in [2.45, 2.75) is 24.5 Å². The monoisotopic (exact) mass is 422 g/mol. The van der Waals surface area contributed by atoms with Crippen molar-refractivity contribution in [1.82, 2.24) is 14.5 Å². The fraction of sp³-hybridized carbons (Fsp3) is 0.455. The lowest BCUT2D eigenvalue weighted by molar-refractivity contribution is -0.0518. The molecule has 1 aliphatic heterocycles. The summed E-state index contributed by atoms with van der Waals surface area (Å²) in [7, 11) is 0. The minimum Gasteiger partial charge on any atom is -0.394 e. The minimum atomic E-state index is -1.21. The van der Waals surface area contributed by atoms with E-state index in [0.717, 1.165) is 0 Å². The van der Waals surface area contributed by atoms with Crippen molar-refractivity contribution < 1.29 is 20.1 Å². The van der Waals surface area contributed by atoms with E-state index in [-0.39, 0.29) is 5.82 Å². The first kappa shape index (κ1) is 15.1. The van der Waals surface area contributed by atoms with Gasteiger partial charge in [0.2, 0.25) is 0 Å². The number of fused-ring (bicyclic) bond motifs is 1. The van der Waals surface area contributed by atoms with Crippen LogP contribution in [0.2, 0.25) is 0 Å². The molecule has 0 amide bonds. The average molecular weight is 424 g/mol. The Hall–Kier alpha value is -0.780. The number of aliphatic hydroxyl groups is 3. The van der Waals surface area contributed by atoms with Crippen LogP contribution in [0.5, 0.6) is 0 Å². The number of aromatic nitrogens is 3. The summed E-state index contributed by atoms with van der Waals surface area (Å²) in [6, 6.07) is 0. The van der Waals surface area contributed by atoms with E-state index in [1.165, 1.54) is 6.33 Å². The molecular weight excluding hydrogens is 412 g/mol. The highest BCUT2D eigenvalue weighted by Crippen LogP contribution is 2.41. The zero-order chi connectivity index (χ0) is 15.3. The topological polar surface area (TPSA) is 127 Å². The van der Waals surface area contributed by atoms with Gasteiger partial charge in [-0.05, 0) is 31.9 Å². The fourth-order valence-electron chi connectivity index (χ4n) is 2.41. The molecule has 5 N–H and O–H groups in total. The zero-order valence-corrected chi connectivity index (χ0v) is 13.7. The molecule has 21 heavy (non-hydrogen) atoms. The van der Waals surface area contributed by atoms with Crippen molar-refractivity contribution in [3.63, 3.8) is 0 Å². The number of nitrogens with zero attached hydrogens (tertiary/aromatic N) is 3. The molecule has 2 aromatic heterocycles. The van der Waals surface area contributed by atoms with Crippen LogP contribution >= 0.6 is 31.9 Å². The van der Waals surface area contributed by atoms with Gasteiger partial charge in [0.05, 0.1) is 16.5 Å². The van der Waals surface area contributed by atoms with Crippen LogP contribution in [-0.4, -0.2) is 54.8 Å². The molecule has 1 aliphatic rings. The highest BCUT2D eigenvalue weighted by molar-refractivity contribution is 9.13. The first-order valence-corrected chi connectivity index (χ1v) is 7.63. The van der Waals surface area contributed by atoms with Crippen LogP contribution in [0.4, 0.5) is 5.82 Å². The van der Waals surface area contributed by atoms with E-state index in [9.17, 15) is 15.3 Å². The van der Waals surface area contributed by atoms with Crippen molar-refractivity contribution in [2.75, 3.05) is 12.3 Å². The van der Waals surface area contributed by atoms with E-state index in [0.29, 0.717) is 20.1 Å². The van der Waals surface area contributed by atoms with Gasteiger partial charge in [0.1, 0.15) is 40.7 Å². The molecule has 1 saturated heterocycles. The first-order valence-electron chi connectivity index (χ1n) is 6.05.